The van der Waals surface area contributed by atoms with Gasteiger partial charge in [-0.15, -0.1) is 0 Å². The van der Waals surface area contributed by atoms with Gasteiger partial charge in [0.2, 0.25) is 0 Å². The van der Waals surface area contributed by atoms with E-state index < -0.39 is 0 Å². The Labute approximate surface area is 141 Å². The highest BCUT2D eigenvalue weighted by atomic mass is 15.3. The molecule has 0 atom stereocenters. The quantitative estimate of drug-likeness (QED) is 0.669. The summed E-state index contributed by atoms with van der Waals surface area (Å²) in [5.41, 5.74) is 2.69. The lowest BCUT2D eigenvalue weighted by Gasteiger charge is -2.29. The topological polar surface area (TPSA) is 30.9 Å². The van der Waals surface area contributed by atoms with E-state index in [0.29, 0.717) is 0 Å². The normalized spacial score (nSPS) is 17.3. The molecule has 0 bridgehead atoms. The molecule has 4 nitrogen and oxygen atoms in total. The average Bonchev–Trinajstić information content (AvgIpc) is 2.55. The SMILES string of the molecule is CN=C(NCCC1CCN(C)CC1)N(C)Cc1ccccc1C. The minimum Gasteiger partial charge on any atom is -0.356 e. The van der Waals surface area contributed by atoms with Crippen molar-refractivity contribution in [1.29, 1.82) is 0 Å². The molecule has 1 heterocycles. The number of hydrogen-bond acceptors (Lipinski definition) is 2. The highest BCUT2D eigenvalue weighted by Crippen LogP contribution is 2.18. The molecule has 0 amide bonds. The molecule has 4 heteroatoms. The van der Waals surface area contributed by atoms with Crippen LogP contribution in [0.1, 0.15) is 30.4 Å². The smallest absolute Gasteiger partial charge is 0.193 e. The lowest BCUT2D eigenvalue weighted by atomic mass is 9.94. The molecule has 1 aliphatic heterocycles. The minimum absolute atomic E-state index is 0.860. The van der Waals surface area contributed by atoms with E-state index in [-0.39, 0.29) is 0 Å². The Morgan fingerprint density at radius 2 is 2.00 bits per heavy atom. The molecular weight excluding hydrogens is 284 g/mol. The zero-order valence-corrected chi connectivity index (χ0v) is 15.2. The lowest BCUT2D eigenvalue weighted by molar-refractivity contribution is 0.212. The Morgan fingerprint density at radius 1 is 1.30 bits per heavy atom. The van der Waals surface area contributed by atoms with Gasteiger partial charge in [-0.3, -0.25) is 4.99 Å². The molecule has 0 saturated carbocycles. The van der Waals surface area contributed by atoms with Gasteiger partial charge in [-0.2, -0.15) is 0 Å². The van der Waals surface area contributed by atoms with Crippen molar-refractivity contribution in [2.75, 3.05) is 40.8 Å². The van der Waals surface area contributed by atoms with Crippen molar-refractivity contribution in [3.05, 3.63) is 35.4 Å². The fourth-order valence-corrected chi connectivity index (χ4v) is 3.24. The molecule has 0 aliphatic carbocycles. The summed E-state index contributed by atoms with van der Waals surface area (Å²) in [5, 5.41) is 3.53. The summed E-state index contributed by atoms with van der Waals surface area (Å²) < 4.78 is 0. The molecule has 0 unspecified atom stereocenters. The van der Waals surface area contributed by atoms with Gasteiger partial charge >= 0.3 is 0 Å². The molecule has 23 heavy (non-hydrogen) atoms. The van der Waals surface area contributed by atoms with Gasteiger partial charge in [-0.1, -0.05) is 24.3 Å². The first-order chi connectivity index (χ1) is 11.1. The summed E-state index contributed by atoms with van der Waals surface area (Å²) in [5.74, 6) is 1.85. The molecule has 0 spiro atoms. The summed E-state index contributed by atoms with van der Waals surface area (Å²) in [7, 11) is 6.19. The van der Waals surface area contributed by atoms with Gasteiger partial charge in [0.15, 0.2) is 5.96 Å². The number of nitrogens with zero attached hydrogens (tertiary/aromatic N) is 3. The van der Waals surface area contributed by atoms with Crippen LogP contribution in [-0.4, -0.2) is 56.5 Å². The second-order valence-corrected chi connectivity index (χ2v) is 6.79. The van der Waals surface area contributed by atoms with E-state index >= 15 is 0 Å². The third-order valence-corrected chi connectivity index (χ3v) is 4.92. The zero-order chi connectivity index (χ0) is 16.7. The molecule has 1 N–H and O–H groups in total. The van der Waals surface area contributed by atoms with Crippen molar-refractivity contribution < 1.29 is 0 Å². The summed E-state index contributed by atoms with van der Waals surface area (Å²) in [6.07, 6.45) is 3.90. The van der Waals surface area contributed by atoms with Crippen LogP contribution in [0.5, 0.6) is 0 Å². The summed E-state index contributed by atoms with van der Waals surface area (Å²) >= 11 is 0. The first-order valence-corrected chi connectivity index (χ1v) is 8.75. The van der Waals surface area contributed by atoms with Crippen molar-refractivity contribution in [2.24, 2.45) is 10.9 Å². The molecule has 1 aromatic carbocycles. The van der Waals surface area contributed by atoms with Crippen LogP contribution in [0.3, 0.4) is 0 Å². The summed E-state index contributed by atoms with van der Waals surface area (Å²) in [6.45, 7) is 6.55. The number of benzene rings is 1. The van der Waals surface area contributed by atoms with Gasteiger partial charge in [0, 0.05) is 27.2 Å². The second-order valence-electron chi connectivity index (χ2n) is 6.79. The molecule has 1 aliphatic rings. The molecule has 0 aromatic heterocycles. The molecule has 128 valence electrons. The summed E-state index contributed by atoms with van der Waals surface area (Å²) in [6, 6.07) is 8.55. The molecule has 1 saturated heterocycles. The van der Waals surface area contributed by atoms with Crippen LogP contribution in [0, 0.1) is 12.8 Å². The van der Waals surface area contributed by atoms with Crippen LogP contribution >= 0.6 is 0 Å². The van der Waals surface area contributed by atoms with Crippen LogP contribution < -0.4 is 5.32 Å². The maximum atomic E-state index is 4.43. The van der Waals surface area contributed by atoms with Gasteiger partial charge in [0.25, 0.3) is 0 Å². The highest BCUT2D eigenvalue weighted by molar-refractivity contribution is 5.79. The number of aryl methyl sites for hydroxylation is 1. The van der Waals surface area contributed by atoms with E-state index in [1.165, 1.54) is 43.5 Å². The Bertz CT molecular complexity index is 504. The zero-order valence-electron chi connectivity index (χ0n) is 15.2. The number of hydrogen-bond donors (Lipinski definition) is 1. The van der Waals surface area contributed by atoms with E-state index in [4.69, 9.17) is 0 Å². The Hall–Kier alpha value is -1.55. The fourth-order valence-electron chi connectivity index (χ4n) is 3.24. The third-order valence-electron chi connectivity index (χ3n) is 4.92. The monoisotopic (exact) mass is 316 g/mol. The maximum absolute atomic E-state index is 4.43. The van der Waals surface area contributed by atoms with Crippen molar-refractivity contribution in [3.63, 3.8) is 0 Å². The minimum atomic E-state index is 0.860. The standard InChI is InChI=1S/C19H32N4/c1-16-7-5-6-8-18(16)15-23(4)19(20-2)21-12-9-17-10-13-22(3)14-11-17/h5-8,17H,9-15H2,1-4H3,(H,20,21). The van der Waals surface area contributed by atoms with Crippen LogP contribution in [-0.2, 0) is 6.54 Å². The van der Waals surface area contributed by atoms with Gasteiger partial charge in [0.05, 0.1) is 0 Å². The lowest BCUT2D eigenvalue weighted by Crippen LogP contribution is -2.40. The molecule has 1 aromatic rings. The van der Waals surface area contributed by atoms with E-state index in [0.717, 1.165) is 25.0 Å². The van der Waals surface area contributed by atoms with Crippen molar-refractivity contribution in [2.45, 2.75) is 32.7 Å². The van der Waals surface area contributed by atoms with Crippen molar-refractivity contribution >= 4 is 5.96 Å². The molecule has 2 rings (SSSR count). The molecule has 0 radical (unpaired) electrons. The van der Waals surface area contributed by atoms with E-state index in [1.807, 2.05) is 7.05 Å². The van der Waals surface area contributed by atoms with Gasteiger partial charge in [-0.25, -0.2) is 0 Å². The van der Waals surface area contributed by atoms with E-state index in [9.17, 15) is 0 Å². The van der Waals surface area contributed by atoms with Crippen molar-refractivity contribution in [3.8, 4) is 0 Å². The Morgan fingerprint density at radius 3 is 2.65 bits per heavy atom. The number of rotatable bonds is 5. The molecular formula is C19H32N4. The predicted octanol–water partition coefficient (Wildman–Crippen LogP) is 2.73. The van der Waals surface area contributed by atoms with Gasteiger partial charge in [0.1, 0.15) is 0 Å². The Kier molecular flexibility index (Phi) is 6.90. The van der Waals surface area contributed by atoms with Crippen LogP contribution in [0.25, 0.3) is 0 Å². The van der Waals surface area contributed by atoms with Crippen molar-refractivity contribution in [1.82, 2.24) is 15.1 Å². The van der Waals surface area contributed by atoms with Crippen LogP contribution in [0.15, 0.2) is 29.3 Å². The number of piperidine rings is 1. The third kappa shape index (κ3) is 5.54. The number of aliphatic imine (C=N–C) groups is 1. The predicted molar refractivity (Wildman–Crippen MR) is 98.8 cm³/mol. The van der Waals surface area contributed by atoms with E-state index in [2.05, 4.69) is 65.4 Å². The molecule has 1 fully saturated rings. The van der Waals surface area contributed by atoms with Gasteiger partial charge < -0.3 is 15.1 Å². The maximum Gasteiger partial charge on any atom is 0.193 e. The average molecular weight is 316 g/mol. The van der Waals surface area contributed by atoms with Gasteiger partial charge in [-0.05, 0) is 63.4 Å². The summed E-state index contributed by atoms with van der Waals surface area (Å²) in [4.78, 5) is 9.07. The number of nitrogens with one attached hydrogen (secondary N) is 1. The largest absolute Gasteiger partial charge is 0.356 e. The fraction of sp³-hybridized carbons (Fsp3) is 0.632. The number of guanidine groups is 1. The highest BCUT2D eigenvalue weighted by Gasteiger charge is 2.16. The van der Waals surface area contributed by atoms with E-state index in [1.54, 1.807) is 0 Å². The first kappa shape index (κ1) is 17.8. The first-order valence-electron chi connectivity index (χ1n) is 8.75. The van der Waals surface area contributed by atoms with Crippen LogP contribution in [0.2, 0.25) is 0 Å². The van der Waals surface area contributed by atoms with Crippen LogP contribution in [0.4, 0.5) is 0 Å². The number of likely N-dealkylation sites (tertiary alicyclic amines) is 1. The second kappa shape index (κ2) is 8.92. The Balaban J connectivity index is 1.77.